The summed E-state index contributed by atoms with van der Waals surface area (Å²) < 4.78 is 35.0. The number of hydrogen-bond donors (Lipinski definition) is 0. The second-order valence-electron chi connectivity index (χ2n) is 2.47. The Hall–Kier alpha value is -1.60. The largest absolute Gasteiger partial charge is 0.493 e. The van der Waals surface area contributed by atoms with E-state index in [4.69, 9.17) is 0 Å². The van der Waals surface area contributed by atoms with Crippen molar-refractivity contribution in [1.82, 2.24) is 5.06 Å². The Kier molecular flexibility index (Phi) is 4.75. The lowest BCUT2D eigenvalue weighted by atomic mass is 10.3. The van der Waals surface area contributed by atoms with E-state index < -0.39 is 18.1 Å². The van der Waals surface area contributed by atoms with Gasteiger partial charge in [-0.3, -0.25) is 4.79 Å². The lowest BCUT2D eigenvalue weighted by Crippen LogP contribution is -2.36. The van der Waals surface area contributed by atoms with Crippen LogP contribution >= 0.6 is 0 Å². The molecule has 5 nitrogen and oxygen atoms in total. The predicted molar refractivity (Wildman–Crippen MR) is 40.2 cm³/mol. The summed E-state index contributed by atoms with van der Waals surface area (Å²) in [6.07, 6.45) is -5.19. The number of rotatable bonds is 3. The van der Waals surface area contributed by atoms with Crippen molar-refractivity contribution in [3.63, 3.8) is 0 Å². The summed E-state index contributed by atoms with van der Waals surface area (Å²) in [4.78, 5) is 34.7. The summed E-state index contributed by atoms with van der Waals surface area (Å²) in [5.74, 6) is -3.37. The van der Waals surface area contributed by atoms with Crippen LogP contribution in [0, 0.1) is 0 Å². The summed E-state index contributed by atoms with van der Waals surface area (Å²) in [5.41, 5.74) is 0. The standard InChI is InChI=1S/C7H8F3NO4/c1-11(5(13)3-2-4-12)15-6(14)7(8,9)10/h4H,2-3H2,1H3. The fraction of sp³-hybridized carbons (Fsp3) is 0.571. The summed E-state index contributed by atoms with van der Waals surface area (Å²) in [6, 6.07) is 0. The van der Waals surface area contributed by atoms with E-state index >= 15 is 0 Å². The highest BCUT2D eigenvalue weighted by atomic mass is 19.4. The van der Waals surface area contributed by atoms with E-state index in [-0.39, 0.29) is 17.9 Å². The Bertz CT molecular complexity index is 263. The Balaban J connectivity index is 4.13. The van der Waals surface area contributed by atoms with Crippen molar-refractivity contribution in [1.29, 1.82) is 0 Å². The molecule has 0 radical (unpaired) electrons. The van der Waals surface area contributed by atoms with Gasteiger partial charge in [-0.1, -0.05) is 0 Å². The monoisotopic (exact) mass is 227 g/mol. The highest BCUT2D eigenvalue weighted by Gasteiger charge is 2.42. The van der Waals surface area contributed by atoms with Crippen LogP contribution in [0.4, 0.5) is 13.2 Å². The number of amides is 1. The van der Waals surface area contributed by atoms with Crippen molar-refractivity contribution in [2.45, 2.75) is 19.0 Å². The van der Waals surface area contributed by atoms with Crippen LogP contribution in [0.25, 0.3) is 0 Å². The number of alkyl halides is 3. The number of aldehydes is 1. The van der Waals surface area contributed by atoms with E-state index in [0.717, 1.165) is 7.05 Å². The molecule has 0 saturated heterocycles. The molecule has 0 aliphatic rings. The molecular formula is C7H8F3NO4. The minimum atomic E-state index is -5.15. The topological polar surface area (TPSA) is 63.7 Å². The number of carbonyl (C=O) groups is 3. The SMILES string of the molecule is CN(OC(=O)C(F)(F)F)C(=O)CCC=O. The molecule has 15 heavy (non-hydrogen) atoms. The van der Waals surface area contributed by atoms with Gasteiger partial charge in [-0.05, 0) is 0 Å². The third-order valence-corrected chi connectivity index (χ3v) is 1.28. The maximum absolute atomic E-state index is 11.7. The number of hydrogen-bond acceptors (Lipinski definition) is 4. The van der Waals surface area contributed by atoms with E-state index in [2.05, 4.69) is 4.84 Å². The van der Waals surface area contributed by atoms with Crippen molar-refractivity contribution in [2.24, 2.45) is 0 Å². The third-order valence-electron chi connectivity index (χ3n) is 1.28. The normalized spacial score (nSPS) is 10.7. The van der Waals surface area contributed by atoms with Crippen LogP contribution in [0.15, 0.2) is 0 Å². The molecule has 0 unspecified atom stereocenters. The lowest BCUT2D eigenvalue weighted by molar-refractivity contribution is -0.232. The number of nitrogens with zero attached hydrogens (tertiary/aromatic N) is 1. The first kappa shape index (κ1) is 13.4. The first-order chi connectivity index (χ1) is 6.79. The number of carbonyl (C=O) groups excluding carboxylic acids is 3. The van der Waals surface area contributed by atoms with Crippen LogP contribution in [0.3, 0.4) is 0 Å². The van der Waals surface area contributed by atoms with Crippen LogP contribution < -0.4 is 0 Å². The molecule has 8 heteroatoms. The van der Waals surface area contributed by atoms with Gasteiger partial charge in [0.1, 0.15) is 6.29 Å². The molecule has 0 atom stereocenters. The maximum Gasteiger partial charge on any atom is 0.493 e. The maximum atomic E-state index is 11.7. The zero-order valence-electron chi connectivity index (χ0n) is 7.71. The Morgan fingerprint density at radius 2 is 1.93 bits per heavy atom. The Labute approximate surface area is 82.7 Å². The van der Waals surface area contributed by atoms with Gasteiger partial charge in [0, 0.05) is 19.9 Å². The van der Waals surface area contributed by atoms with Gasteiger partial charge in [-0.25, -0.2) is 4.79 Å². The second kappa shape index (κ2) is 5.32. The first-order valence-electron chi connectivity index (χ1n) is 3.78. The zero-order chi connectivity index (χ0) is 12.1. The lowest BCUT2D eigenvalue weighted by Gasteiger charge is -2.16. The van der Waals surface area contributed by atoms with Crippen molar-refractivity contribution >= 4 is 18.2 Å². The fourth-order valence-electron chi connectivity index (χ4n) is 0.567. The van der Waals surface area contributed by atoms with E-state index in [1.165, 1.54) is 0 Å². The molecule has 0 aromatic heterocycles. The minimum absolute atomic E-state index is 0.146. The molecule has 0 N–H and O–H groups in total. The van der Waals surface area contributed by atoms with Gasteiger partial charge >= 0.3 is 12.1 Å². The van der Waals surface area contributed by atoms with Gasteiger partial charge in [-0.2, -0.15) is 18.2 Å². The van der Waals surface area contributed by atoms with Crippen molar-refractivity contribution in [2.75, 3.05) is 7.05 Å². The van der Waals surface area contributed by atoms with E-state index in [9.17, 15) is 27.6 Å². The van der Waals surface area contributed by atoms with Gasteiger partial charge in [0.2, 0.25) is 0 Å². The van der Waals surface area contributed by atoms with Crippen LogP contribution in [0.1, 0.15) is 12.8 Å². The van der Waals surface area contributed by atoms with Gasteiger partial charge in [0.15, 0.2) is 0 Å². The smallest absolute Gasteiger partial charge is 0.330 e. The van der Waals surface area contributed by atoms with Crippen molar-refractivity contribution < 1.29 is 32.4 Å². The van der Waals surface area contributed by atoms with Crippen LogP contribution in [-0.2, 0) is 19.2 Å². The Morgan fingerprint density at radius 1 is 1.40 bits per heavy atom. The van der Waals surface area contributed by atoms with Crippen LogP contribution in [0.5, 0.6) is 0 Å². The van der Waals surface area contributed by atoms with Crippen molar-refractivity contribution in [3.05, 3.63) is 0 Å². The molecule has 0 aromatic rings. The van der Waals surface area contributed by atoms with Crippen LogP contribution in [-0.4, -0.2) is 36.4 Å². The predicted octanol–water partition coefficient (Wildman–Crippen LogP) is 0.444. The molecule has 0 bridgehead atoms. The molecule has 0 aliphatic heterocycles. The second-order valence-corrected chi connectivity index (χ2v) is 2.47. The first-order valence-corrected chi connectivity index (χ1v) is 3.78. The number of hydroxylamine groups is 2. The third kappa shape index (κ3) is 4.99. The summed E-state index contributed by atoms with van der Waals surface area (Å²) in [6.45, 7) is 0. The van der Waals surface area contributed by atoms with Gasteiger partial charge in [-0.15, -0.1) is 0 Å². The summed E-state index contributed by atoms with van der Waals surface area (Å²) >= 11 is 0. The fourth-order valence-corrected chi connectivity index (χ4v) is 0.567. The van der Waals surface area contributed by atoms with Gasteiger partial charge in [0.25, 0.3) is 5.91 Å². The molecular weight excluding hydrogens is 219 g/mol. The molecule has 0 spiro atoms. The molecule has 86 valence electrons. The molecule has 0 rings (SSSR count). The van der Waals surface area contributed by atoms with Crippen LogP contribution in [0.2, 0.25) is 0 Å². The molecule has 1 amide bonds. The van der Waals surface area contributed by atoms with E-state index in [1.807, 2.05) is 0 Å². The highest BCUT2D eigenvalue weighted by Crippen LogP contribution is 2.17. The molecule has 0 saturated carbocycles. The zero-order valence-corrected chi connectivity index (χ0v) is 7.71. The average molecular weight is 227 g/mol. The highest BCUT2D eigenvalue weighted by molar-refractivity contribution is 5.81. The molecule has 0 fully saturated rings. The Morgan fingerprint density at radius 3 is 2.33 bits per heavy atom. The molecule has 0 aliphatic carbocycles. The van der Waals surface area contributed by atoms with Gasteiger partial charge in [0.05, 0.1) is 0 Å². The molecule has 0 heterocycles. The molecule has 0 aromatic carbocycles. The van der Waals surface area contributed by atoms with E-state index in [0.29, 0.717) is 6.29 Å². The average Bonchev–Trinajstić information content (AvgIpc) is 2.12. The van der Waals surface area contributed by atoms with Gasteiger partial charge < -0.3 is 9.63 Å². The summed E-state index contributed by atoms with van der Waals surface area (Å²) in [7, 11) is 0.858. The number of halogens is 3. The van der Waals surface area contributed by atoms with Crippen molar-refractivity contribution in [3.8, 4) is 0 Å². The van der Waals surface area contributed by atoms with E-state index in [1.54, 1.807) is 0 Å². The minimum Gasteiger partial charge on any atom is -0.330 e. The quantitative estimate of drug-likeness (QED) is 0.518. The summed E-state index contributed by atoms with van der Waals surface area (Å²) in [5, 5.41) is 0.152.